The first-order chi connectivity index (χ1) is 14.7. The van der Waals surface area contributed by atoms with Crippen LogP contribution in [0.2, 0.25) is 0 Å². The van der Waals surface area contributed by atoms with Gasteiger partial charge in [-0.05, 0) is 42.8 Å². The molecule has 0 saturated heterocycles. The van der Waals surface area contributed by atoms with E-state index in [9.17, 15) is 18.3 Å². The topological polar surface area (TPSA) is 127 Å². The maximum Gasteiger partial charge on any atom is 0.255 e. The summed E-state index contributed by atoms with van der Waals surface area (Å²) in [6.07, 6.45) is 1.35. The van der Waals surface area contributed by atoms with Crippen LogP contribution in [0.25, 0.3) is 0 Å². The summed E-state index contributed by atoms with van der Waals surface area (Å²) in [7, 11) is 0.178. The average Bonchev–Trinajstić information content (AvgIpc) is 2.75. The number of phenolic OH excluding ortho intramolecular Hbond substituents is 1. The Morgan fingerprint density at radius 2 is 1.84 bits per heavy atom. The second-order valence-electron chi connectivity index (χ2n) is 6.23. The van der Waals surface area contributed by atoms with Crippen molar-refractivity contribution in [2.45, 2.75) is 11.8 Å². The van der Waals surface area contributed by atoms with Crippen LogP contribution in [0, 0.1) is 0 Å². The quantitative estimate of drug-likeness (QED) is 0.415. The maximum absolute atomic E-state index is 12.7. The second-order valence-corrected chi connectivity index (χ2v) is 8.28. The van der Waals surface area contributed by atoms with E-state index in [1.54, 1.807) is 19.1 Å². The number of carbonyl (C=O) groups is 1. The number of nitrogens with one attached hydrogen (secondary N) is 1. The Balaban J connectivity index is 2.03. The van der Waals surface area contributed by atoms with Crippen LogP contribution in [0.3, 0.4) is 0 Å². The monoisotopic (exact) mass is 451 g/mol. The van der Waals surface area contributed by atoms with E-state index >= 15 is 0 Å². The number of hydrogen-bond acceptors (Lipinski definition) is 8. The minimum Gasteiger partial charge on any atom is -0.504 e. The molecule has 0 radical (unpaired) electrons. The molecule has 2 aromatic rings. The number of sulfonamides is 1. The van der Waals surface area contributed by atoms with Gasteiger partial charge in [0.25, 0.3) is 5.91 Å². The number of nitrogens with zero attached hydrogens (tertiary/aromatic N) is 2. The highest BCUT2D eigenvalue weighted by Crippen LogP contribution is 2.30. The number of methoxy groups -OCH3 is 2. The van der Waals surface area contributed by atoms with Gasteiger partial charge in [-0.3, -0.25) is 4.79 Å². The van der Waals surface area contributed by atoms with E-state index in [1.165, 1.54) is 51.7 Å². The Morgan fingerprint density at radius 1 is 1.13 bits per heavy atom. The third kappa shape index (κ3) is 6.09. The molecule has 0 saturated carbocycles. The number of amides is 1. The molecule has 0 aromatic heterocycles. The molecule has 0 bridgehead atoms. The van der Waals surface area contributed by atoms with Gasteiger partial charge in [0, 0.05) is 13.1 Å². The van der Waals surface area contributed by atoms with Gasteiger partial charge in [0.15, 0.2) is 23.0 Å². The van der Waals surface area contributed by atoms with Gasteiger partial charge < -0.3 is 19.3 Å². The highest BCUT2D eigenvalue weighted by molar-refractivity contribution is 7.89. The van der Waals surface area contributed by atoms with Gasteiger partial charge in [-0.15, -0.1) is 0 Å². The molecule has 2 rings (SSSR count). The Bertz CT molecular complexity index is 1050. The third-order valence-corrected chi connectivity index (χ3v) is 5.92. The summed E-state index contributed by atoms with van der Waals surface area (Å²) in [5.41, 5.74) is 2.85. The zero-order valence-corrected chi connectivity index (χ0v) is 18.5. The zero-order chi connectivity index (χ0) is 23.0. The molecule has 2 N–H and O–H groups in total. The molecule has 0 aliphatic carbocycles. The molecule has 2 aromatic carbocycles. The van der Waals surface area contributed by atoms with Gasteiger partial charge in [0.1, 0.15) is 0 Å². The number of ether oxygens (including phenoxy) is 3. The summed E-state index contributed by atoms with van der Waals surface area (Å²) in [6.45, 7) is 1.71. The zero-order valence-electron chi connectivity index (χ0n) is 17.7. The highest BCUT2D eigenvalue weighted by atomic mass is 32.2. The minimum absolute atomic E-state index is 0.00923. The summed E-state index contributed by atoms with van der Waals surface area (Å²) >= 11 is 0. The van der Waals surface area contributed by atoms with Crippen LogP contribution >= 0.6 is 0 Å². The standard InChI is InChI=1S/C20H25N3O7S/c1-5-30-18-10-14(6-8-16(18)24)12-21-22-20(25)13-23(2)31(26,27)15-7-9-17(28-3)19(11-15)29-4/h6-12,24H,5,13H2,1-4H3,(H,22,25)/b21-12-. The lowest BCUT2D eigenvalue weighted by atomic mass is 10.2. The van der Waals surface area contributed by atoms with Crippen molar-refractivity contribution in [2.24, 2.45) is 5.10 Å². The Labute approximate surface area is 181 Å². The van der Waals surface area contributed by atoms with Crippen LogP contribution in [0.5, 0.6) is 23.0 Å². The van der Waals surface area contributed by atoms with Crippen LogP contribution in [0.1, 0.15) is 12.5 Å². The summed E-state index contributed by atoms with van der Waals surface area (Å²) in [5, 5.41) is 13.5. The van der Waals surface area contributed by atoms with Gasteiger partial charge in [-0.1, -0.05) is 0 Å². The molecule has 10 nitrogen and oxygen atoms in total. The molecule has 0 atom stereocenters. The number of aromatic hydroxyl groups is 1. The van der Waals surface area contributed by atoms with Crippen molar-refractivity contribution in [3.8, 4) is 23.0 Å². The molecular formula is C20H25N3O7S. The number of carbonyl (C=O) groups excluding carboxylic acids is 1. The first-order valence-corrected chi connectivity index (χ1v) is 10.6. The summed E-state index contributed by atoms with van der Waals surface area (Å²) in [4.78, 5) is 12.1. The molecule has 0 aliphatic heterocycles. The Morgan fingerprint density at radius 3 is 2.48 bits per heavy atom. The normalized spacial score (nSPS) is 11.5. The number of hydrogen-bond donors (Lipinski definition) is 2. The van der Waals surface area contributed by atoms with Gasteiger partial charge in [0.05, 0.1) is 38.5 Å². The van der Waals surface area contributed by atoms with Gasteiger partial charge >= 0.3 is 0 Å². The smallest absolute Gasteiger partial charge is 0.255 e. The maximum atomic E-state index is 12.7. The van der Waals surface area contributed by atoms with Crippen LogP contribution in [-0.4, -0.2) is 64.4 Å². The SMILES string of the molecule is CCOc1cc(/C=N\NC(=O)CN(C)S(=O)(=O)c2ccc(OC)c(OC)c2)ccc1O. The third-order valence-electron chi connectivity index (χ3n) is 4.12. The van der Waals surface area contributed by atoms with E-state index in [1.807, 2.05) is 0 Å². The van der Waals surface area contributed by atoms with Crippen molar-refractivity contribution >= 4 is 22.1 Å². The van der Waals surface area contributed by atoms with Crippen LogP contribution < -0.4 is 19.6 Å². The van der Waals surface area contributed by atoms with E-state index in [4.69, 9.17) is 14.2 Å². The van der Waals surface area contributed by atoms with Gasteiger partial charge in [0.2, 0.25) is 10.0 Å². The Kier molecular flexibility index (Phi) is 8.22. The average molecular weight is 452 g/mol. The molecule has 0 heterocycles. The van der Waals surface area contributed by atoms with E-state index in [-0.39, 0.29) is 16.4 Å². The minimum atomic E-state index is -3.94. The van der Waals surface area contributed by atoms with E-state index in [2.05, 4.69) is 10.5 Å². The summed E-state index contributed by atoms with van der Waals surface area (Å²) in [6, 6.07) is 8.74. The largest absolute Gasteiger partial charge is 0.504 e. The number of benzene rings is 2. The van der Waals surface area contributed by atoms with Crippen LogP contribution in [0.4, 0.5) is 0 Å². The van der Waals surface area contributed by atoms with Crippen molar-refractivity contribution in [3.05, 3.63) is 42.0 Å². The first-order valence-electron chi connectivity index (χ1n) is 9.19. The highest BCUT2D eigenvalue weighted by Gasteiger charge is 2.24. The first kappa shape index (κ1) is 24.0. The lowest BCUT2D eigenvalue weighted by Crippen LogP contribution is -2.36. The molecule has 11 heteroatoms. The van der Waals surface area contributed by atoms with Crippen molar-refractivity contribution < 1.29 is 32.5 Å². The Hall–Kier alpha value is -3.31. The number of hydrazone groups is 1. The van der Waals surface area contributed by atoms with Gasteiger partial charge in [-0.2, -0.15) is 9.41 Å². The lowest BCUT2D eigenvalue weighted by molar-refractivity contribution is -0.121. The molecule has 0 spiro atoms. The predicted octanol–water partition coefficient (Wildman–Crippen LogP) is 1.58. The van der Waals surface area contributed by atoms with Crippen molar-refractivity contribution in [1.82, 2.24) is 9.73 Å². The fraction of sp³-hybridized carbons (Fsp3) is 0.300. The number of rotatable bonds is 10. The fourth-order valence-electron chi connectivity index (χ4n) is 2.54. The number of likely N-dealkylation sites (N-methyl/N-ethyl adjacent to an activating group) is 1. The molecule has 0 fully saturated rings. The molecular weight excluding hydrogens is 426 g/mol. The fourth-order valence-corrected chi connectivity index (χ4v) is 3.68. The van der Waals surface area contributed by atoms with Crippen molar-refractivity contribution in [3.63, 3.8) is 0 Å². The lowest BCUT2D eigenvalue weighted by Gasteiger charge is -2.17. The van der Waals surface area contributed by atoms with E-state index in [0.717, 1.165) is 4.31 Å². The predicted molar refractivity (Wildman–Crippen MR) is 114 cm³/mol. The summed E-state index contributed by atoms with van der Waals surface area (Å²) < 4.78 is 41.9. The van der Waals surface area contributed by atoms with Crippen LogP contribution in [-0.2, 0) is 14.8 Å². The summed E-state index contributed by atoms with van der Waals surface area (Å²) in [5.74, 6) is 0.291. The van der Waals surface area contributed by atoms with Crippen LogP contribution in [0.15, 0.2) is 46.4 Å². The number of phenols is 1. The van der Waals surface area contributed by atoms with E-state index in [0.29, 0.717) is 23.7 Å². The molecule has 168 valence electrons. The van der Waals surface area contributed by atoms with Crippen molar-refractivity contribution in [2.75, 3.05) is 34.4 Å². The molecule has 1 amide bonds. The van der Waals surface area contributed by atoms with Gasteiger partial charge in [-0.25, -0.2) is 13.8 Å². The van der Waals surface area contributed by atoms with E-state index < -0.39 is 22.5 Å². The van der Waals surface area contributed by atoms with Crippen molar-refractivity contribution in [1.29, 1.82) is 0 Å². The molecule has 31 heavy (non-hydrogen) atoms. The molecule has 0 unspecified atom stereocenters. The second kappa shape index (κ2) is 10.6. The molecule has 0 aliphatic rings.